The van der Waals surface area contributed by atoms with Crippen LogP contribution in [0.1, 0.15) is 82.2 Å². The molecule has 0 bridgehead atoms. The van der Waals surface area contributed by atoms with Crippen molar-refractivity contribution >= 4 is 80.3 Å². The Morgan fingerprint density at radius 1 is 0.243 bits per heavy atom. The molecule has 0 spiro atoms. The zero-order valence-corrected chi connectivity index (χ0v) is 59.4. The summed E-state index contributed by atoms with van der Waals surface area (Å²) in [6, 6.07) is 86.0. The first-order chi connectivity index (χ1) is 51.2. The fourth-order valence-electron chi connectivity index (χ4n) is 12.7. The van der Waals surface area contributed by atoms with Crippen LogP contribution in [-0.4, -0.2) is 44.3 Å². The molecule has 10 N–H and O–H groups in total. The first kappa shape index (κ1) is 72.4. The van der Waals surface area contributed by atoms with E-state index >= 15 is 0 Å². The van der Waals surface area contributed by atoms with E-state index < -0.39 is 0 Å². The van der Waals surface area contributed by atoms with Crippen molar-refractivity contribution in [1.29, 1.82) is 0 Å². The van der Waals surface area contributed by atoms with Crippen LogP contribution in [0.3, 0.4) is 0 Å². The number of allylic oxidation sites excluding steroid dienone is 5. The Labute approximate surface area is 611 Å². The molecular formula is C93H100N10. The number of fused-ring (bicyclic) bond motifs is 10. The van der Waals surface area contributed by atoms with Crippen molar-refractivity contribution in [3.05, 3.63) is 372 Å². The van der Waals surface area contributed by atoms with Gasteiger partial charge in [0.25, 0.3) is 0 Å². The largest absolute Gasteiger partial charge is 0.385 e. The Bertz CT molecular complexity index is 4380. The highest BCUT2D eigenvalue weighted by Crippen LogP contribution is 2.26. The van der Waals surface area contributed by atoms with Gasteiger partial charge in [0.2, 0.25) is 0 Å². The number of aromatic amines is 1. The lowest BCUT2D eigenvalue weighted by atomic mass is 10.0. The van der Waals surface area contributed by atoms with Gasteiger partial charge < -0.3 is 52.8 Å². The van der Waals surface area contributed by atoms with Crippen molar-refractivity contribution in [3.8, 4) is 0 Å². The highest BCUT2D eigenvalue weighted by Gasteiger charge is 2.09. The predicted octanol–water partition coefficient (Wildman–Crippen LogP) is 22.5. The van der Waals surface area contributed by atoms with E-state index in [-0.39, 0.29) is 0 Å². The third-order valence-electron chi connectivity index (χ3n) is 18.2. The van der Waals surface area contributed by atoms with Gasteiger partial charge in [-0.15, -0.1) is 0 Å². The second kappa shape index (κ2) is 41.6. The van der Waals surface area contributed by atoms with Crippen LogP contribution >= 0.6 is 0 Å². The number of aromatic nitrogens is 1. The zero-order chi connectivity index (χ0) is 70.2. The van der Waals surface area contributed by atoms with Gasteiger partial charge in [0.1, 0.15) is 0 Å². The maximum atomic E-state index is 3.43. The number of benzene rings is 10. The lowest BCUT2D eigenvalue weighted by Crippen LogP contribution is -2.10. The summed E-state index contributed by atoms with van der Waals surface area (Å²) >= 11 is 0. The molecule has 0 atom stereocenters. The number of rotatable bonds is 0. The van der Waals surface area contributed by atoms with Gasteiger partial charge in [-0.05, 0) is 211 Å². The molecule has 0 amide bonds. The Hall–Kier alpha value is -11.9. The smallest absolute Gasteiger partial charge is 0.0453 e. The number of hydrogen-bond donors (Lipinski definition) is 10. The van der Waals surface area contributed by atoms with Crippen LogP contribution in [0, 0.1) is 0 Å². The molecule has 10 nitrogen and oxygen atoms in total. The van der Waals surface area contributed by atoms with Gasteiger partial charge in [-0.2, -0.15) is 0 Å². The lowest BCUT2D eigenvalue weighted by molar-refractivity contribution is 0.785. The number of anilines is 9. The molecule has 0 saturated heterocycles. The molecule has 20 rings (SSSR count). The monoisotopic (exact) mass is 1360 g/mol. The summed E-state index contributed by atoms with van der Waals surface area (Å²) in [5, 5.41) is 30.9. The van der Waals surface area contributed by atoms with E-state index in [1.807, 2.05) is 73.3 Å². The van der Waals surface area contributed by atoms with E-state index in [2.05, 4.69) is 320 Å². The molecule has 0 saturated carbocycles. The van der Waals surface area contributed by atoms with E-state index in [4.69, 9.17) is 0 Å². The van der Waals surface area contributed by atoms with Crippen molar-refractivity contribution < 1.29 is 0 Å². The summed E-state index contributed by atoms with van der Waals surface area (Å²) < 4.78 is 0. The van der Waals surface area contributed by atoms with Gasteiger partial charge in [0.15, 0.2) is 0 Å². The van der Waals surface area contributed by atoms with Crippen molar-refractivity contribution in [2.24, 2.45) is 0 Å². The fourth-order valence-corrected chi connectivity index (χ4v) is 12.7. The molecule has 0 radical (unpaired) electrons. The molecular weight excluding hydrogens is 1260 g/mol. The van der Waals surface area contributed by atoms with Gasteiger partial charge in [-0.25, -0.2) is 0 Å². The molecule has 10 heterocycles. The first-order valence-electron chi connectivity index (χ1n) is 36.8. The Balaban J connectivity index is 0.000000115. The molecule has 11 aromatic rings. The molecule has 10 heteroatoms. The molecule has 9 aliphatic heterocycles. The third-order valence-corrected chi connectivity index (χ3v) is 18.2. The van der Waals surface area contributed by atoms with Gasteiger partial charge in [-0.3, -0.25) is 0 Å². The van der Waals surface area contributed by atoms with E-state index in [1.54, 1.807) is 0 Å². The minimum atomic E-state index is 0.955. The van der Waals surface area contributed by atoms with Gasteiger partial charge >= 0.3 is 0 Å². The lowest BCUT2D eigenvalue weighted by Gasteiger charge is -2.16. The maximum absolute atomic E-state index is 3.43. The quantitative estimate of drug-likeness (QED) is 0.0676. The zero-order valence-electron chi connectivity index (χ0n) is 59.4. The topological polar surface area (TPSA) is 124 Å². The summed E-state index contributed by atoms with van der Waals surface area (Å²) in [5.41, 5.74) is 25.0. The molecule has 0 aliphatic carbocycles. The van der Waals surface area contributed by atoms with Crippen LogP contribution < -0.4 is 47.9 Å². The summed E-state index contributed by atoms with van der Waals surface area (Å²) in [6.07, 6.45) is 44.4. The van der Waals surface area contributed by atoms with Gasteiger partial charge in [0.05, 0.1) is 0 Å². The van der Waals surface area contributed by atoms with Crippen LogP contribution in [0.4, 0.5) is 51.2 Å². The standard InChI is InChI=1S/C10H13N.3C10H11N.C10H9N.C9H11N.2C9H9N.C8H9N.C8H7N/c5*1-2-7-10-9(5-1)6-3-4-8-11-10;3*1-2-6-9-8(4-1)5-3-7-10-9;2*1-2-4-8-7(3-1)5-6-9-8/h1-2,5,7,11H,3-4,6,8H2;1-2,4-5,7-8,11H,3,6H2;1-3,5-7,11H,4,8H2;1-5,7,11H,6,8H2;1-8,11H;1-2,4,6,10H,3,5,7H2;1-4,6-7,10H,5H2;1-6,10H,7H2;1-4,9H,5-6H2;1-6,9H. The number of nitrogens with one attached hydrogen (secondary N) is 10. The molecule has 0 unspecified atom stereocenters. The Morgan fingerprint density at radius 3 is 1.36 bits per heavy atom. The highest BCUT2D eigenvalue weighted by molar-refractivity contribution is 5.79. The summed E-state index contributed by atoms with van der Waals surface area (Å²) in [7, 11) is 0. The Morgan fingerprint density at radius 2 is 0.689 bits per heavy atom. The summed E-state index contributed by atoms with van der Waals surface area (Å²) in [5.74, 6) is 0. The predicted molar refractivity (Wildman–Crippen MR) is 447 cm³/mol. The number of para-hydroxylation sites is 10. The summed E-state index contributed by atoms with van der Waals surface area (Å²) in [6.45, 7) is 6.34. The minimum absolute atomic E-state index is 0.955. The van der Waals surface area contributed by atoms with Crippen LogP contribution in [0.5, 0.6) is 0 Å². The average molecular weight is 1360 g/mol. The number of aryl methyl sites for hydroxylation is 3. The second-order valence-corrected chi connectivity index (χ2v) is 25.5. The van der Waals surface area contributed by atoms with Crippen molar-refractivity contribution in [1.82, 2.24) is 4.98 Å². The number of H-pyrrole nitrogens is 1. The molecule has 1 aromatic heterocycles. The second-order valence-electron chi connectivity index (χ2n) is 25.5. The normalized spacial score (nSPS) is 14.4. The van der Waals surface area contributed by atoms with Crippen LogP contribution in [-0.2, 0) is 38.5 Å². The Kier molecular flexibility index (Phi) is 29.3. The molecule has 0 fully saturated rings. The van der Waals surface area contributed by atoms with E-state index in [0.29, 0.717) is 0 Å². The van der Waals surface area contributed by atoms with E-state index in [0.717, 1.165) is 77.1 Å². The van der Waals surface area contributed by atoms with Crippen molar-refractivity contribution in [2.75, 3.05) is 87.1 Å². The molecule has 103 heavy (non-hydrogen) atoms. The van der Waals surface area contributed by atoms with E-state index in [1.165, 1.54) is 145 Å². The van der Waals surface area contributed by atoms with Crippen LogP contribution in [0.2, 0.25) is 0 Å². The third kappa shape index (κ3) is 23.9. The fraction of sp³-hybridized carbons (Fsp3) is 0.183. The number of hydrogen-bond acceptors (Lipinski definition) is 9. The van der Waals surface area contributed by atoms with Crippen molar-refractivity contribution in [2.45, 2.75) is 70.6 Å². The van der Waals surface area contributed by atoms with Gasteiger partial charge in [-0.1, -0.05) is 243 Å². The molecule has 10 aromatic carbocycles. The summed E-state index contributed by atoms with van der Waals surface area (Å²) in [4.78, 5) is 3.12. The van der Waals surface area contributed by atoms with Crippen molar-refractivity contribution in [3.63, 3.8) is 0 Å². The molecule has 522 valence electrons. The molecule has 9 aliphatic rings. The van der Waals surface area contributed by atoms with Crippen LogP contribution in [0.15, 0.2) is 322 Å². The first-order valence-corrected chi connectivity index (χ1v) is 36.8. The maximum Gasteiger partial charge on any atom is 0.0453 e. The highest BCUT2D eigenvalue weighted by atomic mass is 14.9. The average Bonchev–Trinajstić information content (AvgIpc) is 1.88. The van der Waals surface area contributed by atoms with E-state index in [9.17, 15) is 0 Å². The minimum Gasteiger partial charge on any atom is -0.385 e. The van der Waals surface area contributed by atoms with Gasteiger partial charge in [0, 0.05) is 108 Å². The van der Waals surface area contributed by atoms with Crippen LogP contribution in [0.25, 0.3) is 29.1 Å². The SMILES string of the molecule is C1=CCc2ccccc2NC1.C1=CNc2ccccc2C1.C1=CNc2ccccc2C=C1.C1=CNc2ccccc2CC1.C1=Cc2ccccc2NC1.C1=Cc2ccccc2NCC1.c1ccc2[nH]ccc2c1.c1ccc2c(c1)CCCCN2.c1ccc2c(c1)CCCN2.c1ccc2c(c1)CCN2.